The Labute approximate surface area is 134 Å². The fraction of sp³-hybridized carbons (Fsp3) is 0.263. The van der Waals surface area contributed by atoms with Crippen molar-refractivity contribution in [3.05, 3.63) is 65.1 Å². The number of fused-ring (bicyclic) bond motifs is 2. The second kappa shape index (κ2) is 5.23. The van der Waals surface area contributed by atoms with Gasteiger partial charge in [0.25, 0.3) is 0 Å². The quantitative estimate of drug-likeness (QED) is 0.687. The third-order valence-electron chi connectivity index (χ3n) is 4.52. The highest BCUT2D eigenvalue weighted by Gasteiger charge is 2.36. The van der Waals surface area contributed by atoms with Gasteiger partial charge >= 0.3 is 5.97 Å². The van der Waals surface area contributed by atoms with Gasteiger partial charge < -0.3 is 9.30 Å². The molecule has 0 bridgehead atoms. The lowest BCUT2D eigenvalue weighted by Crippen LogP contribution is -2.05. The Kier molecular flexibility index (Phi) is 3.18. The second-order valence-corrected chi connectivity index (χ2v) is 5.89. The first-order valence-electron chi connectivity index (χ1n) is 7.96. The number of para-hydroxylation sites is 1. The Balaban J connectivity index is 1.97. The number of carbonyl (C=O) groups excluding carboxylic acids is 1. The van der Waals surface area contributed by atoms with Gasteiger partial charge in [-0.3, -0.25) is 4.98 Å². The first-order chi connectivity index (χ1) is 11.2. The molecule has 1 atom stereocenters. The summed E-state index contributed by atoms with van der Waals surface area (Å²) in [5, 5.41) is 1.13. The summed E-state index contributed by atoms with van der Waals surface area (Å²) in [7, 11) is 0. The molecule has 23 heavy (non-hydrogen) atoms. The molecule has 0 saturated carbocycles. The van der Waals surface area contributed by atoms with Gasteiger partial charge in [-0.25, -0.2) is 4.79 Å². The molecule has 1 unspecified atom stereocenters. The maximum absolute atomic E-state index is 12.2. The van der Waals surface area contributed by atoms with Gasteiger partial charge in [-0.15, -0.1) is 0 Å². The van der Waals surface area contributed by atoms with E-state index >= 15 is 0 Å². The molecule has 3 aromatic rings. The fourth-order valence-corrected chi connectivity index (χ4v) is 3.52. The van der Waals surface area contributed by atoms with Gasteiger partial charge in [-0.1, -0.05) is 25.1 Å². The van der Waals surface area contributed by atoms with Crippen molar-refractivity contribution < 1.29 is 9.53 Å². The van der Waals surface area contributed by atoms with Crippen LogP contribution in [0.5, 0.6) is 0 Å². The number of benzene rings is 1. The lowest BCUT2D eigenvalue weighted by Gasteiger charge is -2.12. The Bertz CT molecular complexity index is 911. The highest BCUT2D eigenvalue weighted by Crippen LogP contribution is 2.40. The number of hydrogen-bond acceptors (Lipinski definition) is 3. The molecule has 0 N–H and O–H groups in total. The SMILES string of the molecule is CCCn1c(C)c(C2OC(=O)c3cccnc32)c2ccccc21. The molecule has 0 saturated heterocycles. The van der Waals surface area contributed by atoms with E-state index in [0.717, 1.165) is 35.3 Å². The standard InChI is InChI=1S/C19H18N2O2/c1-3-11-21-12(2)16(13-7-4-5-9-15(13)21)18-17-14(19(22)23-18)8-6-10-20-17/h4-10,18H,3,11H2,1-2H3. The van der Waals surface area contributed by atoms with Gasteiger partial charge in [0, 0.05) is 34.9 Å². The summed E-state index contributed by atoms with van der Waals surface area (Å²) < 4.78 is 7.99. The number of nitrogens with zero attached hydrogens (tertiary/aromatic N) is 2. The number of ether oxygens (including phenoxy) is 1. The lowest BCUT2D eigenvalue weighted by molar-refractivity contribution is 0.0453. The zero-order chi connectivity index (χ0) is 16.0. The molecule has 0 fully saturated rings. The van der Waals surface area contributed by atoms with Crippen LogP contribution in [-0.2, 0) is 11.3 Å². The van der Waals surface area contributed by atoms with Crippen LogP contribution in [0.3, 0.4) is 0 Å². The normalized spacial score (nSPS) is 16.6. The molecule has 1 aromatic carbocycles. The first-order valence-corrected chi connectivity index (χ1v) is 7.96. The number of hydrogen-bond donors (Lipinski definition) is 0. The van der Waals surface area contributed by atoms with Crippen molar-refractivity contribution in [2.45, 2.75) is 32.9 Å². The number of aryl methyl sites for hydroxylation is 1. The van der Waals surface area contributed by atoms with Gasteiger partial charge in [0.15, 0.2) is 6.10 Å². The highest BCUT2D eigenvalue weighted by atomic mass is 16.5. The van der Waals surface area contributed by atoms with Crippen molar-refractivity contribution in [1.29, 1.82) is 0 Å². The Morgan fingerprint density at radius 1 is 1.22 bits per heavy atom. The molecule has 0 amide bonds. The van der Waals surface area contributed by atoms with E-state index in [4.69, 9.17) is 4.74 Å². The fourth-order valence-electron chi connectivity index (χ4n) is 3.52. The molecular formula is C19H18N2O2. The van der Waals surface area contributed by atoms with Crippen molar-refractivity contribution in [3.63, 3.8) is 0 Å². The number of pyridine rings is 1. The summed E-state index contributed by atoms with van der Waals surface area (Å²) in [6, 6.07) is 11.8. The third kappa shape index (κ3) is 1.98. The Morgan fingerprint density at radius 3 is 2.87 bits per heavy atom. The van der Waals surface area contributed by atoms with E-state index in [1.54, 1.807) is 18.3 Å². The number of cyclic esters (lactones) is 1. The van der Waals surface area contributed by atoms with Crippen molar-refractivity contribution >= 4 is 16.9 Å². The number of rotatable bonds is 3. The van der Waals surface area contributed by atoms with Crippen LogP contribution in [0.15, 0.2) is 42.6 Å². The van der Waals surface area contributed by atoms with E-state index in [0.29, 0.717) is 5.56 Å². The molecule has 4 rings (SSSR count). The largest absolute Gasteiger partial charge is 0.447 e. The summed E-state index contributed by atoms with van der Waals surface area (Å²) in [5.74, 6) is -0.287. The second-order valence-electron chi connectivity index (χ2n) is 5.89. The first kappa shape index (κ1) is 14.0. The van der Waals surface area contributed by atoms with Crippen molar-refractivity contribution in [2.75, 3.05) is 0 Å². The molecular weight excluding hydrogens is 288 g/mol. The van der Waals surface area contributed by atoms with Crippen LogP contribution in [0, 0.1) is 6.92 Å². The van der Waals surface area contributed by atoms with Gasteiger partial charge in [0.1, 0.15) is 5.69 Å². The molecule has 0 radical (unpaired) electrons. The van der Waals surface area contributed by atoms with Crippen LogP contribution in [0.1, 0.15) is 46.8 Å². The van der Waals surface area contributed by atoms with Crippen LogP contribution >= 0.6 is 0 Å². The average Bonchev–Trinajstić information content (AvgIpc) is 3.04. The van der Waals surface area contributed by atoms with E-state index in [9.17, 15) is 4.79 Å². The highest BCUT2D eigenvalue weighted by molar-refractivity contribution is 5.95. The smallest absolute Gasteiger partial charge is 0.341 e. The zero-order valence-electron chi connectivity index (χ0n) is 13.2. The molecule has 4 heteroatoms. The minimum absolute atomic E-state index is 0.287. The number of aromatic nitrogens is 2. The Hall–Kier alpha value is -2.62. The monoisotopic (exact) mass is 306 g/mol. The number of esters is 1. The van der Waals surface area contributed by atoms with E-state index in [1.165, 1.54) is 5.52 Å². The predicted molar refractivity (Wildman–Crippen MR) is 88.5 cm³/mol. The molecule has 1 aliphatic heterocycles. The third-order valence-corrected chi connectivity index (χ3v) is 4.52. The number of carbonyl (C=O) groups is 1. The zero-order valence-corrected chi connectivity index (χ0v) is 13.2. The summed E-state index contributed by atoms with van der Waals surface area (Å²) in [4.78, 5) is 16.6. The van der Waals surface area contributed by atoms with E-state index < -0.39 is 6.10 Å². The van der Waals surface area contributed by atoms with Crippen LogP contribution in [0.25, 0.3) is 10.9 Å². The van der Waals surface area contributed by atoms with Crippen molar-refractivity contribution in [2.24, 2.45) is 0 Å². The molecule has 3 heterocycles. The van der Waals surface area contributed by atoms with Gasteiger partial charge in [-0.2, -0.15) is 0 Å². The molecule has 116 valence electrons. The van der Waals surface area contributed by atoms with Crippen LogP contribution in [0.4, 0.5) is 0 Å². The van der Waals surface area contributed by atoms with Crippen LogP contribution in [0.2, 0.25) is 0 Å². The summed E-state index contributed by atoms with van der Waals surface area (Å²) in [6.07, 6.45) is 2.36. The van der Waals surface area contributed by atoms with Gasteiger partial charge in [0.2, 0.25) is 0 Å². The van der Waals surface area contributed by atoms with E-state index in [-0.39, 0.29) is 5.97 Å². The maximum Gasteiger partial charge on any atom is 0.341 e. The average molecular weight is 306 g/mol. The predicted octanol–water partition coefficient (Wildman–Crippen LogP) is 4.01. The van der Waals surface area contributed by atoms with Crippen molar-refractivity contribution in [1.82, 2.24) is 9.55 Å². The van der Waals surface area contributed by atoms with Gasteiger partial charge in [-0.05, 0) is 31.5 Å². The molecule has 2 aromatic heterocycles. The molecule has 4 nitrogen and oxygen atoms in total. The van der Waals surface area contributed by atoms with E-state index in [2.05, 4.69) is 35.5 Å². The van der Waals surface area contributed by atoms with Crippen LogP contribution < -0.4 is 0 Å². The minimum Gasteiger partial charge on any atom is -0.447 e. The molecule has 0 aliphatic carbocycles. The van der Waals surface area contributed by atoms with Crippen LogP contribution in [-0.4, -0.2) is 15.5 Å². The topological polar surface area (TPSA) is 44.1 Å². The summed E-state index contributed by atoms with van der Waals surface area (Å²) in [5.41, 5.74) is 4.68. The van der Waals surface area contributed by atoms with Crippen molar-refractivity contribution in [3.8, 4) is 0 Å². The molecule has 0 spiro atoms. The minimum atomic E-state index is -0.415. The maximum atomic E-state index is 12.2. The summed E-state index contributed by atoms with van der Waals surface area (Å²) >= 11 is 0. The summed E-state index contributed by atoms with van der Waals surface area (Å²) in [6.45, 7) is 5.21. The Morgan fingerprint density at radius 2 is 2.04 bits per heavy atom. The van der Waals surface area contributed by atoms with E-state index in [1.807, 2.05) is 12.1 Å². The lowest BCUT2D eigenvalue weighted by atomic mass is 10.0. The van der Waals surface area contributed by atoms with Gasteiger partial charge in [0.05, 0.1) is 5.56 Å². The molecule has 1 aliphatic rings.